The topological polar surface area (TPSA) is 55.1 Å². The van der Waals surface area contributed by atoms with Gasteiger partial charge in [0.1, 0.15) is 5.82 Å². The first-order valence-electron chi connectivity index (χ1n) is 6.42. The van der Waals surface area contributed by atoms with Crippen molar-refractivity contribution in [2.75, 3.05) is 0 Å². The van der Waals surface area contributed by atoms with Crippen molar-refractivity contribution in [3.05, 3.63) is 70.5 Å². The zero-order chi connectivity index (χ0) is 14.5. The number of carbonyl (C=O) groups is 1. The third-order valence-corrected chi connectivity index (χ3v) is 3.14. The summed E-state index contributed by atoms with van der Waals surface area (Å²) in [5.41, 5.74) is 8.69. The van der Waals surface area contributed by atoms with Crippen LogP contribution in [-0.2, 0) is 13.1 Å². The molecule has 0 heterocycles. The van der Waals surface area contributed by atoms with Gasteiger partial charge in [0, 0.05) is 18.7 Å². The minimum absolute atomic E-state index is 0.203. The fourth-order valence-electron chi connectivity index (χ4n) is 1.95. The van der Waals surface area contributed by atoms with Crippen molar-refractivity contribution in [3.8, 4) is 0 Å². The molecule has 2 rings (SSSR count). The summed E-state index contributed by atoms with van der Waals surface area (Å²) in [6.45, 7) is 2.65. The Balaban J connectivity index is 2.00. The molecule has 1 amide bonds. The average Bonchev–Trinajstić information content (AvgIpc) is 2.45. The summed E-state index contributed by atoms with van der Waals surface area (Å²) in [5.74, 6) is -0.540. The predicted molar refractivity (Wildman–Crippen MR) is 76.6 cm³/mol. The number of rotatable bonds is 4. The highest BCUT2D eigenvalue weighted by atomic mass is 19.1. The maximum atomic E-state index is 13.0. The second-order valence-electron chi connectivity index (χ2n) is 4.66. The molecule has 0 saturated heterocycles. The highest BCUT2D eigenvalue weighted by molar-refractivity contribution is 5.95. The first kappa shape index (κ1) is 14.2. The standard InChI is InChI=1S/C16H17FN2O/c1-11-8-14(17)6-7-15(11)16(20)19-10-13-4-2-12(9-18)3-5-13/h2-8H,9-10,18H2,1H3,(H,19,20). The van der Waals surface area contributed by atoms with E-state index >= 15 is 0 Å². The Morgan fingerprint density at radius 2 is 1.80 bits per heavy atom. The summed E-state index contributed by atoms with van der Waals surface area (Å²) in [5, 5.41) is 2.82. The monoisotopic (exact) mass is 272 g/mol. The Hall–Kier alpha value is -2.20. The van der Waals surface area contributed by atoms with Crippen molar-refractivity contribution in [2.24, 2.45) is 5.73 Å². The average molecular weight is 272 g/mol. The van der Waals surface area contributed by atoms with E-state index < -0.39 is 0 Å². The fraction of sp³-hybridized carbons (Fsp3) is 0.188. The van der Waals surface area contributed by atoms with Crippen molar-refractivity contribution >= 4 is 5.91 Å². The van der Waals surface area contributed by atoms with Crippen LogP contribution in [0.3, 0.4) is 0 Å². The lowest BCUT2D eigenvalue weighted by atomic mass is 10.1. The van der Waals surface area contributed by atoms with Crippen LogP contribution in [0, 0.1) is 12.7 Å². The molecule has 0 fully saturated rings. The molecule has 104 valence electrons. The molecule has 20 heavy (non-hydrogen) atoms. The fourth-order valence-corrected chi connectivity index (χ4v) is 1.95. The van der Waals surface area contributed by atoms with Crippen molar-refractivity contribution in [1.82, 2.24) is 5.32 Å². The van der Waals surface area contributed by atoms with E-state index in [0.717, 1.165) is 11.1 Å². The molecule has 3 N–H and O–H groups in total. The van der Waals surface area contributed by atoms with Gasteiger partial charge in [0.25, 0.3) is 5.91 Å². The Bertz CT molecular complexity index is 608. The molecule has 2 aromatic rings. The normalized spacial score (nSPS) is 10.3. The number of amides is 1. The first-order chi connectivity index (χ1) is 9.60. The van der Waals surface area contributed by atoms with E-state index in [-0.39, 0.29) is 11.7 Å². The molecule has 4 heteroatoms. The van der Waals surface area contributed by atoms with E-state index in [1.54, 1.807) is 6.92 Å². The second kappa shape index (κ2) is 6.30. The Morgan fingerprint density at radius 1 is 1.15 bits per heavy atom. The molecule has 0 unspecified atom stereocenters. The van der Waals surface area contributed by atoms with Crippen LogP contribution in [0.25, 0.3) is 0 Å². The molecule has 3 nitrogen and oxygen atoms in total. The largest absolute Gasteiger partial charge is 0.348 e. The van der Waals surface area contributed by atoms with Crippen LogP contribution in [-0.4, -0.2) is 5.91 Å². The van der Waals surface area contributed by atoms with Gasteiger partial charge >= 0.3 is 0 Å². The molecular formula is C16H17FN2O. The van der Waals surface area contributed by atoms with Crippen LogP contribution in [0.15, 0.2) is 42.5 Å². The van der Waals surface area contributed by atoms with Gasteiger partial charge in [0.15, 0.2) is 0 Å². The Labute approximate surface area is 117 Å². The zero-order valence-electron chi connectivity index (χ0n) is 11.3. The summed E-state index contributed by atoms with van der Waals surface area (Å²) in [6.07, 6.45) is 0. The molecule has 0 aromatic heterocycles. The molecule has 2 aromatic carbocycles. The number of hydrogen-bond donors (Lipinski definition) is 2. The SMILES string of the molecule is Cc1cc(F)ccc1C(=O)NCc1ccc(CN)cc1. The summed E-state index contributed by atoms with van der Waals surface area (Å²) < 4.78 is 13.0. The maximum absolute atomic E-state index is 13.0. The lowest BCUT2D eigenvalue weighted by Gasteiger charge is -2.08. The van der Waals surface area contributed by atoms with Crippen molar-refractivity contribution in [3.63, 3.8) is 0 Å². The molecule has 0 spiro atoms. The van der Waals surface area contributed by atoms with Crippen LogP contribution >= 0.6 is 0 Å². The lowest BCUT2D eigenvalue weighted by molar-refractivity contribution is 0.0950. The zero-order valence-corrected chi connectivity index (χ0v) is 11.3. The summed E-state index contributed by atoms with van der Waals surface area (Å²) in [4.78, 5) is 12.0. The molecule has 0 saturated carbocycles. The highest BCUT2D eigenvalue weighted by Gasteiger charge is 2.09. The smallest absolute Gasteiger partial charge is 0.251 e. The summed E-state index contributed by atoms with van der Waals surface area (Å²) in [6, 6.07) is 11.9. The van der Waals surface area contributed by atoms with Crippen LogP contribution in [0.4, 0.5) is 4.39 Å². The number of carbonyl (C=O) groups excluding carboxylic acids is 1. The van der Waals surface area contributed by atoms with E-state index in [1.165, 1.54) is 18.2 Å². The molecule has 0 bridgehead atoms. The highest BCUT2D eigenvalue weighted by Crippen LogP contribution is 2.10. The molecular weight excluding hydrogens is 255 g/mol. The van der Waals surface area contributed by atoms with Gasteiger partial charge in [-0.15, -0.1) is 0 Å². The van der Waals surface area contributed by atoms with Crippen LogP contribution in [0.1, 0.15) is 27.0 Å². The number of benzene rings is 2. The molecule has 0 aliphatic carbocycles. The van der Waals surface area contributed by atoms with E-state index in [4.69, 9.17) is 5.73 Å². The minimum atomic E-state index is -0.337. The molecule has 0 aliphatic heterocycles. The predicted octanol–water partition coefficient (Wildman–Crippen LogP) is 2.52. The van der Waals surface area contributed by atoms with Gasteiger partial charge in [0.2, 0.25) is 0 Å². The number of nitrogens with two attached hydrogens (primary N) is 1. The van der Waals surface area contributed by atoms with Gasteiger partial charge in [-0.05, 0) is 41.8 Å². The number of aryl methyl sites for hydroxylation is 1. The maximum Gasteiger partial charge on any atom is 0.251 e. The van der Waals surface area contributed by atoms with E-state index in [2.05, 4.69) is 5.32 Å². The van der Waals surface area contributed by atoms with Gasteiger partial charge in [-0.3, -0.25) is 4.79 Å². The minimum Gasteiger partial charge on any atom is -0.348 e. The van der Waals surface area contributed by atoms with Crippen molar-refractivity contribution in [1.29, 1.82) is 0 Å². The Kier molecular flexibility index (Phi) is 4.48. The Morgan fingerprint density at radius 3 is 2.40 bits per heavy atom. The van der Waals surface area contributed by atoms with Crippen LogP contribution in [0.5, 0.6) is 0 Å². The quantitative estimate of drug-likeness (QED) is 0.898. The second-order valence-corrected chi connectivity index (χ2v) is 4.66. The van der Waals surface area contributed by atoms with Crippen LogP contribution in [0.2, 0.25) is 0 Å². The van der Waals surface area contributed by atoms with E-state index in [0.29, 0.717) is 24.2 Å². The number of nitrogens with one attached hydrogen (secondary N) is 1. The van der Waals surface area contributed by atoms with Crippen LogP contribution < -0.4 is 11.1 Å². The van der Waals surface area contributed by atoms with Crippen molar-refractivity contribution < 1.29 is 9.18 Å². The van der Waals surface area contributed by atoms with E-state index in [9.17, 15) is 9.18 Å². The summed E-state index contributed by atoms with van der Waals surface area (Å²) >= 11 is 0. The van der Waals surface area contributed by atoms with Gasteiger partial charge in [-0.2, -0.15) is 0 Å². The molecule has 0 aliphatic rings. The van der Waals surface area contributed by atoms with Crippen molar-refractivity contribution in [2.45, 2.75) is 20.0 Å². The van der Waals surface area contributed by atoms with E-state index in [1.807, 2.05) is 24.3 Å². The van der Waals surface area contributed by atoms with Gasteiger partial charge < -0.3 is 11.1 Å². The van der Waals surface area contributed by atoms with Gasteiger partial charge in [0.05, 0.1) is 0 Å². The third kappa shape index (κ3) is 3.42. The number of hydrogen-bond acceptors (Lipinski definition) is 2. The third-order valence-electron chi connectivity index (χ3n) is 3.14. The van der Waals surface area contributed by atoms with Gasteiger partial charge in [-0.1, -0.05) is 24.3 Å². The van der Waals surface area contributed by atoms with Gasteiger partial charge in [-0.25, -0.2) is 4.39 Å². The molecule has 0 radical (unpaired) electrons. The number of halogens is 1. The lowest BCUT2D eigenvalue weighted by Crippen LogP contribution is -2.23. The first-order valence-corrected chi connectivity index (χ1v) is 6.42. The molecule has 0 atom stereocenters. The summed E-state index contributed by atoms with van der Waals surface area (Å²) in [7, 11) is 0.